The highest BCUT2D eigenvalue weighted by Crippen LogP contribution is 2.29. The Bertz CT molecular complexity index is 610. The number of benzene rings is 1. The molecule has 1 aromatic heterocycles. The van der Waals surface area contributed by atoms with Crippen LogP contribution in [0.2, 0.25) is 0 Å². The lowest BCUT2D eigenvalue weighted by Gasteiger charge is -2.30. The Balaban J connectivity index is 0.00000132. The molecule has 1 amide bonds. The first kappa shape index (κ1) is 20.2. The molecule has 23 heavy (non-hydrogen) atoms. The van der Waals surface area contributed by atoms with Crippen molar-refractivity contribution in [1.82, 2.24) is 15.2 Å². The Kier molecular flexibility index (Phi) is 7.74. The molecule has 1 saturated heterocycles. The highest BCUT2D eigenvalue weighted by Gasteiger charge is 2.28. The number of rotatable bonds is 3. The molecule has 0 saturated carbocycles. The van der Waals surface area contributed by atoms with Crippen LogP contribution < -0.4 is 5.32 Å². The van der Waals surface area contributed by atoms with E-state index in [0.29, 0.717) is 0 Å². The molecule has 4 nitrogen and oxygen atoms in total. The van der Waals surface area contributed by atoms with Crippen molar-refractivity contribution in [3.05, 3.63) is 29.3 Å². The number of carbonyl (C=O) groups is 1. The third-order valence-electron chi connectivity index (χ3n) is 4.24. The molecule has 1 N–H and O–H groups in total. The Labute approximate surface area is 153 Å². The maximum Gasteiger partial charge on any atom is 0.227 e. The number of para-hydroxylation sites is 1. The van der Waals surface area contributed by atoms with Gasteiger partial charge >= 0.3 is 0 Å². The third kappa shape index (κ3) is 4.35. The number of amides is 1. The normalized spacial score (nSPS) is 18.6. The molecule has 2 heterocycles. The molecule has 2 unspecified atom stereocenters. The molecule has 1 aromatic carbocycles. The number of carbonyl (C=O) groups excluding carboxylic acids is 1. The Morgan fingerprint density at radius 2 is 2.13 bits per heavy atom. The van der Waals surface area contributed by atoms with Gasteiger partial charge in [-0.25, -0.2) is 4.98 Å². The zero-order valence-electron chi connectivity index (χ0n) is 13.3. The van der Waals surface area contributed by atoms with Gasteiger partial charge in [0.25, 0.3) is 0 Å². The van der Waals surface area contributed by atoms with Crippen LogP contribution in [0, 0.1) is 5.92 Å². The summed E-state index contributed by atoms with van der Waals surface area (Å²) in [7, 11) is 1.90. The van der Waals surface area contributed by atoms with E-state index in [2.05, 4.69) is 23.3 Å². The summed E-state index contributed by atoms with van der Waals surface area (Å²) in [4.78, 5) is 19.1. The van der Waals surface area contributed by atoms with Crippen molar-refractivity contribution in [3.8, 4) is 0 Å². The van der Waals surface area contributed by atoms with E-state index in [1.165, 1.54) is 4.70 Å². The Morgan fingerprint density at radius 1 is 1.39 bits per heavy atom. The number of hydrogen-bond acceptors (Lipinski definition) is 4. The quantitative estimate of drug-likeness (QED) is 0.889. The van der Waals surface area contributed by atoms with Crippen LogP contribution in [-0.2, 0) is 4.79 Å². The van der Waals surface area contributed by atoms with Gasteiger partial charge in [-0.1, -0.05) is 12.1 Å². The van der Waals surface area contributed by atoms with Crippen molar-refractivity contribution in [3.63, 3.8) is 0 Å². The number of aromatic nitrogens is 1. The van der Waals surface area contributed by atoms with E-state index in [1.54, 1.807) is 11.3 Å². The van der Waals surface area contributed by atoms with Crippen LogP contribution >= 0.6 is 36.2 Å². The summed E-state index contributed by atoms with van der Waals surface area (Å²) in [5.41, 5.74) is 1.02. The molecule has 1 aliphatic heterocycles. The van der Waals surface area contributed by atoms with E-state index in [9.17, 15) is 4.79 Å². The maximum absolute atomic E-state index is 12.6. The highest BCUT2D eigenvalue weighted by atomic mass is 35.5. The van der Waals surface area contributed by atoms with Crippen molar-refractivity contribution in [2.75, 3.05) is 20.1 Å². The van der Waals surface area contributed by atoms with Gasteiger partial charge in [-0.05, 0) is 38.4 Å². The zero-order chi connectivity index (χ0) is 14.8. The number of hydrogen-bond donors (Lipinski definition) is 1. The first-order chi connectivity index (χ1) is 10.2. The molecule has 0 bridgehead atoms. The maximum atomic E-state index is 12.6. The lowest BCUT2D eigenvalue weighted by Crippen LogP contribution is -2.42. The SMILES string of the molecule is CC(c1nc2ccccc2s1)N(C)C(=O)C1CCCNC1.Cl.Cl. The number of thiazole rings is 1. The van der Waals surface area contributed by atoms with Gasteiger partial charge in [-0.3, -0.25) is 4.79 Å². The fourth-order valence-electron chi connectivity index (χ4n) is 2.78. The van der Waals surface area contributed by atoms with Gasteiger partial charge < -0.3 is 10.2 Å². The number of nitrogens with one attached hydrogen (secondary N) is 1. The van der Waals surface area contributed by atoms with Gasteiger partial charge in [-0.2, -0.15) is 0 Å². The molecule has 128 valence electrons. The molecule has 0 aliphatic carbocycles. The van der Waals surface area contributed by atoms with E-state index in [0.717, 1.165) is 36.5 Å². The van der Waals surface area contributed by atoms with Crippen molar-refractivity contribution >= 4 is 52.3 Å². The molecule has 7 heteroatoms. The number of halogens is 2. The van der Waals surface area contributed by atoms with Gasteiger partial charge in [0.2, 0.25) is 5.91 Å². The molecule has 3 rings (SSSR count). The second-order valence-corrected chi connectivity index (χ2v) is 6.75. The topological polar surface area (TPSA) is 45.2 Å². The van der Waals surface area contributed by atoms with Crippen molar-refractivity contribution in [1.29, 1.82) is 0 Å². The first-order valence-electron chi connectivity index (χ1n) is 7.49. The summed E-state index contributed by atoms with van der Waals surface area (Å²) in [6.07, 6.45) is 2.07. The summed E-state index contributed by atoms with van der Waals surface area (Å²) >= 11 is 1.68. The molecule has 0 radical (unpaired) electrons. The number of piperidine rings is 1. The van der Waals surface area contributed by atoms with Crippen molar-refractivity contribution in [2.24, 2.45) is 5.92 Å². The predicted octanol–water partition coefficient (Wildman–Crippen LogP) is 3.66. The van der Waals surface area contributed by atoms with Crippen LogP contribution in [-0.4, -0.2) is 35.9 Å². The number of fused-ring (bicyclic) bond motifs is 1. The van der Waals surface area contributed by atoms with Gasteiger partial charge in [0.15, 0.2) is 0 Å². The lowest BCUT2D eigenvalue weighted by molar-refractivity contribution is -0.136. The van der Waals surface area contributed by atoms with E-state index in [-0.39, 0.29) is 42.7 Å². The molecule has 2 atom stereocenters. The second-order valence-electron chi connectivity index (χ2n) is 5.69. The molecule has 0 spiro atoms. The molecular weight excluding hydrogens is 353 g/mol. The van der Waals surface area contributed by atoms with Crippen LogP contribution in [0.15, 0.2) is 24.3 Å². The Morgan fingerprint density at radius 3 is 2.78 bits per heavy atom. The van der Waals surface area contributed by atoms with Gasteiger partial charge in [0.1, 0.15) is 5.01 Å². The largest absolute Gasteiger partial charge is 0.336 e. The van der Waals surface area contributed by atoms with Crippen molar-refractivity contribution < 1.29 is 4.79 Å². The van der Waals surface area contributed by atoms with Gasteiger partial charge in [0.05, 0.1) is 22.2 Å². The first-order valence-corrected chi connectivity index (χ1v) is 8.31. The summed E-state index contributed by atoms with van der Waals surface area (Å²) < 4.78 is 1.18. The fraction of sp³-hybridized carbons (Fsp3) is 0.500. The van der Waals surface area contributed by atoms with Crippen LogP contribution in [0.4, 0.5) is 0 Å². The minimum absolute atomic E-state index is 0. The summed E-state index contributed by atoms with van der Waals surface area (Å²) in [5.74, 6) is 0.342. The zero-order valence-corrected chi connectivity index (χ0v) is 15.8. The fourth-order valence-corrected chi connectivity index (χ4v) is 3.84. The van der Waals surface area contributed by atoms with Crippen LogP contribution in [0.1, 0.15) is 30.8 Å². The minimum atomic E-state index is 0. The Hall–Kier alpha value is -0.880. The molecular formula is C16H23Cl2N3OS. The average molecular weight is 376 g/mol. The monoisotopic (exact) mass is 375 g/mol. The van der Waals surface area contributed by atoms with E-state index in [4.69, 9.17) is 0 Å². The highest BCUT2D eigenvalue weighted by molar-refractivity contribution is 7.18. The smallest absolute Gasteiger partial charge is 0.227 e. The lowest BCUT2D eigenvalue weighted by atomic mass is 9.98. The second kappa shape index (κ2) is 8.83. The van der Waals surface area contributed by atoms with E-state index >= 15 is 0 Å². The minimum Gasteiger partial charge on any atom is -0.336 e. The van der Waals surface area contributed by atoms with Crippen LogP contribution in [0.5, 0.6) is 0 Å². The molecule has 1 fully saturated rings. The average Bonchev–Trinajstić information content (AvgIpc) is 2.97. The third-order valence-corrected chi connectivity index (χ3v) is 5.45. The molecule has 1 aliphatic rings. The van der Waals surface area contributed by atoms with E-state index < -0.39 is 0 Å². The summed E-state index contributed by atoms with van der Waals surface area (Å²) in [6.45, 7) is 3.89. The van der Waals surface area contributed by atoms with Crippen molar-refractivity contribution in [2.45, 2.75) is 25.8 Å². The molecule has 2 aromatic rings. The van der Waals surface area contributed by atoms with Gasteiger partial charge in [0, 0.05) is 13.6 Å². The summed E-state index contributed by atoms with van der Waals surface area (Å²) in [6, 6.07) is 8.15. The number of nitrogens with zero attached hydrogens (tertiary/aromatic N) is 2. The van der Waals surface area contributed by atoms with Crippen LogP contribution in [0.3, 0.4) is 0 Å². The van der Waals surface area contributed by atoms with Gasteiger partial charge in [-0.15, -0.1) is 36.2 Å². The standard InChI is InChI=1S/C16H21N3OS.2ClH/c1-11(15-18-13-7-3-4-8-14(13)21-15)19(2)16(20)12-6-5-9-17-10-12;;/h3-4,7-8,11-12,17H,5-6,9-10H2,1-2H3;2*1H. The van der Waals surface area contributed by atoms with Crippen LogP contribution in [0.25, 0.3) is 10.2 Å². The predicted molar refractivity (Wildman–Crippen MR) is 101 cm³/mol. The summed E-state index contributed by atoms with van der Waals surface area (Å²) in [5, 5.41) is 4.32. The van der Waals surface area contributed by atoms with E-state index in [1.807, 2.05) is 30.1 Å².